The summed E-state index contributed by atoms with van der Waals surface area (Å²) in [4.78, 5) is 9.66. The van der Waals surface area contributed by atoms with E-state index in [0.29, 0.717) is 0 Å². The SMILES string of the molecule is c1ccc2c(c1)-c1ccccc1-c1ccc3nccnc3c1-c1c-2cccc1-c1cccc2c1oc1ccccc12. The molecular weight excluding hydrogens is 500 g/mol. The highest BCUT2D eigenvalue weighted by Gasteiger charge is 2.27. The molecule has 190 valence electrons. The summed E-state index contributed by atoms with van der Waals surface area (Å²) in [5.41, 5.74) is 15.1. The minimum atomic E-state index is 0.875. The van der Waals surface area contributed by atoms with Crippen molar-refractivity contribution in [2.75, 3.05) is 0 Å². The van der Waals surface area contributed by atoms with Crippen molar-refractivity contribution in [1.82, 2.24) is 9.97 Å². The highest BCUT2D eigenvalue weighted by atomic mass is 16.3. The third kappa shape index (κ3) is 3.14. The van der Waals surface area contributed by atoms with Crippen LogP contribution in [0.5, 0.6) is 0 Å². The molecule has 0 fully saturated rings. The zero-order valence-corrected chi connectivity index (χ0v) is 22.0. The summed E-state index contributed by atoms with van der Waals surface area (Å²) < 4.78 is 6.56. The maximum atomic E-state index is 6.56. The maximum Gasteiger partial charge on any atom is 0.143 e. The van der Waals surface area contributed by atoms with E-state index in [4.69, 9.17) is 14.4 Å². The minimum Gasteiger partial charge on any atom is -0.455 e. The predicted octanol–water partition coefficient (Wildman–Crippen LogP) is 10.2. The summed E-state index contributed by atoms with van der Waals surface area (Å²) in [5.74, 6) is 0. The van der Waals surface area contributed by atoms with E-state index in [2.05, 4.69) is 109 Å². The highest BCUT2D eigenvalue weighted by Crippen LogP contribution is 2.52. The highest BCUT2D eigenvalue weighted by molar-refractivity contribution is 6.16. The van der Waals surface area contributed by atoms with E-state index in [1.54, 1.807) is 12.4 Å². The average Bonchev–Trinajstić information content (AvgIpc) is 3.42. The first-order valence-electron chi connectivity index (χ1n) is 13.8. The van der Waals surface area contributed by atoms with E-state index in [1.807, 2.05) is 12.1 Å². The Bertz CT molecular complexity index is 2330. The Balaban J connectivity index is 1.50. The van der Waals surface area contributed by atoms with Crippen LogP contribution in [-0.4, -0.2) is 9.97 Å². The number of rotatable bonds is 1. The predicted molar refractivity (Wildman–Crippen MR) is 168 cm³/mol. The van der Waals surface area contributed by atoms with Gasteiger partial charge in [-0.15, -0.1) is 0 Å². The molecule has 0 spiro atoms. The second kappa shape index (κ2) is 8.48. The van der Waals surface area contributed by atoms with Crippen molar-refractivity contribution in [2.45, 2.75) is 0 Å². The van der Waals surface area contributed by atoms with Gasteiger partial charge < -0.3 is 4.42 Å². The molecule has 0 bridgehead atoms. The Morgan fingerprint density at radius 3 is 1.71 bits per heavy atom. The lowest BCUT2D eigenvalue weighted by molar-refractivity contribution is 0.670. The number of furan rings is 1. The molecule has 9 rings (SSSR count). The zero-order valence-electron chi connectivity index (χ0n) is 22.0. The Hall–Kier alpha value is -5.54. The molecule has 0 radical (unpaired) electrons. The molecule has 0 amide bonds. The first kappa shape index (κ1) is 22.3. The monoisotopic (exact) mass is 522 g/mol. The number of hydrogen-bond donors (Lipinski definition) is 0. The van der Waals surface area contributed by atoms with Crippen LogP contribution in [0.25, 0.3) is 88.6 Å². The molecule has 0 saturated heterocycles. The van der Waals surface area contributed by atoms with Gasteiger partial charge in [0.15, 0.2) is 0 Å². The molecule has 2 heterocycles. The molecule has 3 nitrogen and oxygen atoms in total. The standard InChI is InChI=1S/C38H22N2O/c1-3-11-25-23(9-1)24-10-2-4-12-26(24)30-19-20-33-37(40-22-21-39-33)36(30)35-28(25)14-7-15-29(35)32-17-8-16-31-27-13-5-6-18-34(27)41-38(31)32/h1-22H. The fourth-order valence-electron chi connectivity index (χ4n) is 6.65. The van der Waals surface area contributed by atoms with E-state index in [9.17, 15) is 0 Å². The summed E-state index contributed by atoms with van der Waals surface area (Å²) in [6.07, 6.45) is 3.56. The summed E-state index contributed by atoms with van der Waals surface area (Å²) >= 11 is 0. The molecule has 0 saturated carbocycles. The quantitative estimate of drug-likeness (QED) is 0.215. The molecule has 0 unspecified atom stereocenters. The van der Waals surface area contributed by atoms with Gasteiger partial charge in [-0.25, -0.2) is 0 Å². The number of nitrogens with zero attached hydrogens (tertiary/aromatic N) is 2. The molecule has 8 aromatic rings. The van der Waals surface area contributed by atoms with Gasteiger partial charge in [0, 0.05) is 39.9 Å². The lowest BCUT2D eigenvalue weighted by Gasteiger charge is -2.25. The molecule has 1 aliphatic carbocycles. The van der Waals surface area contributed by atoms with Crippen molar-refractivity contribution in [3.05, 3.63) is 134 Å². The third-order valence-corrected chi connectivity index (χ3v) is 8.37. The lowest BCUT2D eigenvalue weighted by atomic mass is 9.78. The second-order valence-electron chi connectivity index (χ2n) is 10.5. The van der Waals surface area contributed by atoms with Crippen LogP contribution in [-0.2, 0) is 0 Å². The first-order chi connectivity index (χ1) is 20.4. The van der Waals surface area contributed by atoms with E-state index in [-0.39, 0.29) is 0 Å². The maximum absolute atomic E-state index is 6.56. The number of para-hydroxylation sites is 2. The molecule has 0 atom stereocenters. The zero-order chi connectivity index (χ0) is 26.9. The van der Waals surface area contributed by atoms with Gasteiger partial charge in [-0.3, -0.25) is 9.97 Å². The van der Waals surface area contributed by atoms with Gasteiger partial charge in [0.05, 0.1) is 11.0 Å². The van der Waals surface area contributed by atoms with Crippen molar-refractivity contribution in [3.8, 4) is 55.6 Å². The van der Waals surface area contributed by atoms with Crippen LogP contribution < -0.4 is 0 Å². The largest absolute Gasteiger partial charge is 0.455 e. The Kier molecular flexibility index (Phi) is 4.61. The Morgan fingerprint density at radius 1 is 0.390 bits per heavy atom. The van der Waals surface area contributed by atoms with Crippen LogP contribution in [0.4, 0.5) is 0 Å². The van der Waals surface area contributed by atoms with Crippen LogP contribution in [0.3, 0.4) is 0 Å². The normalized spacial score (nSPS) is 11.9. The van der Waals surface area contributed by atoms with E-state index in [1.165, 1.54) is 27.8 Å². The van der Waals surface area contributed by atoms with Crippen molar-refractivity contribution >= 4 is 33.0 Å². The van der Waals surface area contributed by atoms with Crippen LogP contribution in [0.2, 0.25) is 0 Å². The fraction of sp³-hybridized carbons (Fsp3) is 0. The minimum absolute atomic E-state index is 0.875. The lowest BCUT2D eigenvalue weighted by Crippen LogP contribution is -2.00. The number of fused-ring (bicyclic) bond motifs is 13. The summed E-state index contributed by atoms with van der Waals surface area (Å²) in [5, 5.41) is 2.24. The van der Waals surface area contributed by atoms with Gasteiger partial charge in [0.1, 0.15) is 11.2 Å². The van der Waals surface area contributed by atoms with Gasteiger partial charge >= 0.3 is 0 Å². The number of aromatic nitrogens is 2. The molecule has 41 heavy (non-hydrogen) atoms. The average molecular weight is 523 g/mol. The second-order valence-corrected chi connectivity index (χ2v) is 10.5. The van der Waals surface area contributed by atoms with Crippen LogP contribution >= 0.6 is 0 Å². The number of benzene rings is 6. The van der Waals surface area contributed by atoms with E-state index in [0.717, 1.165) is 60.8 Å². The van der Waals surface area contributed by atoms with Crippen molar-refractivity contribution in [2.24, 2.45) is 0 Å². The van der Waals surface area contributed by atoms with Crippen LogP contribution in [0.1, 0.15) is 0 Å². The summed E-state index contributed by atoms with van der Waals surface area (Å²) in [6.45, 7) is 0. The van der Waals surface area contributed by atoms with Crippen molar-refractivity contribution in [3.63, 3.8) is 0 Å². The fourth-order valence-corrected chi connectivity index (χ4v) is 6.65. The first-order valence-corrected chi connectivity index (χ1v) is 13.8. The molecule has 6 aromatic carbocycles. The van der Waals surface area contributed by atoms with Gasteiger partial charge in [-0.05, 0) is 51.1 Å². The third-order valence-electron chi connectivity index (χ3n) is 8.37. The Morgan fingerprint density at radius 2 is 0.927 bits per heavy atom. The summed E-state index contributed by atoms with van der Waals surface area (Å²) in [7, 11) is 0. The number of hydrogen-bond acceptors (Lipinski definition) is 3. The van der Waals surface area contributed by atoms with E-state index >= 15 is 0 Å². The van der Waals surface area contributed by atoms with Gasteiger partial charge in [-0.1, -0.05) is 109 Å². The van der Waals surface area contributed by atoms with Gasteiger partial charge in [0.2, 0.25) is 0 Å². The molecule has 3 heteroatoms. The molecule has 0 aliphatic heterocycles. The topological polar surface area (TPSA) is 38.9 Å². The van der Waals surface area contributed by atoms with Crippen molar-refractivity contribution < 1.29 is 4.42 Å². The van der Waals surface area contributed by atoms with Gasteiger partial charge in [-0.2, -0.15) is 0 Å². The van der Waals surface area contributed by atoms with E-state index < -0.39 is 0 Å². The summed E-state index contributed by atoms with van der Waals surface area (Å²) in [6, 6.07) is 43.1. The smallest absolute Gasteiger partial charge is 0.143 e. The molecule has 1 aliphatic rings. The molecular formula is C38H22N2O. The Labute approximate surface area is 236 Å². The van der Waals surface area contributed by atoms with Crippen LogP contribution in [0.15, 0.2) is 138 Å². The molecule has 0 N–H and O–H groups in total. The molecule has 2 aromatic heterocycles. The van der Waals surface area contributed by atoms with Crippen LogP contribution in [0, 0.1) is 0 Å². The van der Waals surface area contributed by atoms with Gasteiger partial charge in [0.25, 0.3) is 0 Å². The van der Waals surface area contributed by atoms with Crippen molar-refractivity contribution in [1.29, 1.82) is 0 Å².